The van der Waals surface area contributed by atoms with Crippen molar-refractivity contribution in [3.63, 3.8) is 0 Å². The van der Waals surface area contributed by atoms with E-state index in [9.17, 15) is 5.11 Å². The first-order valence-corrected chi connectivity index (χ1v) is 6.54. The number of aliphatic hydroxyl groups excluding tert-OH is 1. The molecule has 0 aromatic carbocycles. The number of hydrogen-bond donors (Lipinski definition) is 1. The lowest BCUT2D eigenvalue weighted by atomic mass is 10.1. The van der Waals surface area contributed by atoms with Gasteiger partial charge in [0, 0.05) is 25.3 Å². The smallest absolute Gasteiger partial charge is 0.128 e. The predicted molar refractivity (Wildman–Crippen MR) is 73.7 cm³/mol. The minimum absolute atomic E-state index is 0.446. The Bertz CT molecular complexity index is 389. The highest BCUT2D eigenvalue weighted by Crippen LogP contribution is 2.25. The fourth-order valence-corrected chi connectivity index (χ4v) is 2.64. The molecule has 4 heteroatoms. The number of anilines is 1. The molecule has 0 saturated carbocycles. The third-order valence-corrected chi connectivity index (χ3v) is 3.81. The second-order valence-electron chi connectivity index (χ2n) is 5.54. The van der Waals surface area contributed by atoms with Crippen LogP contribution in [0, 0.1) is 5.92 Å². The van der Waals surface area contributed by atoms with Crippen LogP contribution in [0.1, 0.15) is 25.5 Å². The van der Waals surface area contributed by atoms with Crippen LogP contribution in [0.4, 0.5) is 5.82 Å². The van der Waals surface area contributed by atoms with Gasteiger partial charge in [-0.3, -0.25) is 0 Å². The maximum Gasteiger partial charge on any atom is 0.128 e. The largest absolute Gasteiger partial charge is 0.389 e. The van der Waals surface area contributed by atoms with E-state index in [2.05, 4.69) is 35.8 Å². The Morgan fingerprint density at radius 1 is 1.39 bits per heavy atom. The third-order valence-electron chi connectivity index (χ3n) is 3.81. The first-order valence-electron chi connectivity index (χ1n) is 6.54. The van der Waals surface area contributed by atoms with Gasteiger partial charge < -0.3 is 14.9 Å². The number of nitrogens with zero attached hydrogens (tertiary/aromatic N) is 3. The van der Waals surface area contributed by atoms with Crippen LogP contribution < -0.4 is 4.90 Å². The molecule has 4 nitrogen and oxygen atoms in total. The van der Waals surface area contributed by atoms with Crippen molar-refractivity contribution in [3.05, 3.63) is 23.9 Å². The molecule has 3 unspecified atom stereocenters. The summed E-state index contributed by atoms with van der Waals surface area (Å²) >= 11 is 0. The van der Waals surface area contributed by atoms with Gasteiger partial charge in [0.15, 0.2) is 0 Å². The molecule has 3 atom stereocenters. The van der Waals surface area contributed by atoms with Crippen LogP contribution in [0.3, 0.4) is 0 Å². The summed E-state index contributed by atoms with van der Waals surface area (Å²) in [4.78, 5) is 9.06. The second-order valence-corrected chi connectivity index (χ2v) is 5.54. The molecule has 0 amide bonds. The molecular formula is C14H23N3O. The van der Waals surface area contributed by atoms with E-state index in [0.717, 1.165) is 24.5 Å². The van der Waals surface area contributed by atoms with Gasteiger partial charge in [-0.1, -0.05) is 13.0 Å². The van der Waals surface area contributed by atoms with Crippen LogP contribution in [-0.2, 0) is 0 Å². The van der Waals surface area contributed by atoms with Crippen molar-refractivity contribution in [3.8, 4) is 0 Å². The summed E-state index contributed by atoms with van der Waals surface area (Å²) in [5.41, 5.74) is 0.871. The molecule has 100 valence electrons. The monoisotopic (exact) mass is 249 g/mol. The minimum Gasteiger partial charge on any atom is -0.389 e. The Hall–Kier alpha value is -1.13. The second kappa shape index (κ2) is 5.24. The summed E-state index contributed by atoms with van der Waals surface area (Å²) < 4.78 is 0. The lowest BCUT2D eigenvalue weighted by Gasteiger charge is -2.22. The molecule has 0 aliphatic carbocycles. The number of aliphatic hydroxyl groups is 1. The standard InChI is InChI=1S/C14H23N3O/c1-10-8-17(9-13(10)16(3)4)14-6-5-12(7-15-14)11(2)18/h5-7,10-11,13,18H,8-9H2,1-4H3. The van der Waals surface area contributed by atoms with E-state index < -0.39 is 6.10 Å². The molecule has 2 heterocycles. The van der Waals surface area contributed by atoms with Crippen LogP contribution in [-0.4, -0.2) is 48.2 Å². The van der Waals surface area contributed by atoms with E-state index in [0.29, 0.717) is 12.0 Å². The van der Waals surface area contributed by atoms with E-state index in [1.165, 1.54) is 0 Å². The van der Waals surface area contributed by atoms with Crippen molar-refractivity contribution in [1.29, 1.82) is 0 Å². The zero-order chi connectivity index (χ0) is 13.3. The normalized spacial score (nSPS) is 25.8. The van der Waals surface area contributed by atoms with Gasteiger partial charge in [-0.25, -0.2) is 4.98 Å². The molecule has 1 saturated heterocycles. The maximum atomic E-state index is 9.48. The van der Waals surface area contributed by atoms with Crippen LogP contribution in [0.25, 0.3) is 0 Å². The van der Waals surface area contributed by atoms with Gasteiger partial charge in [0.05, 0.1) is 6.10 Å². The quantitative estimate of drug-likeness (QED) is 0.881. The third kappa shape index (κ3) is 2.65. The first-order chi connectivity index (χ1) is 8.49. The van der Waals surface area contributed by atoms with Crippen molar-refractivity contribution in [2.45, 2.75) is 26.0 Å². The van der Waals surface area contributed by atoms with Gasteiger partial charge in [-0.05, 0) is 38.6 Å². The minimum atomic E-state index is -0.446. The number of pyridine rings is 1. The molecule has 1 aromatic heterocycles. The summed E-state index contributed by atoms with van der Waals surface area (Å²) in [7, 11) is 4.27. The lowest BCUT2D eigenvalue weighted by molar-refractivity contribution is 0.199. The van der Waals surface area contributed by atoms with E-state index in [1.54, 1.807) is 13.1 Å². The molecule has 0 radical (unpaired) electrons. The van der Waals surface area contributed by atoms with Crippen LogP contribution in [0.2, 0.25) is 0 Å². The molecule has 18 heavy (non-hydrogen) atoms. The maximum absolute atomic E-state index is 9.48. The van der Waals surface area contributed by atoms with Crippen molar-refractivity contribution in [1.82, 2.24) is 9.88 Å². The van der Waals surface area contributed by atoms with Crippen molar-refractivity contribution in [2.24, 2.45) is 5.92 Å². The van der Waals surface area contributed by atoms with Gasteiger partial charge in [0.2, 0.25) is 0 Å². The fourth-order valence-electron chi connectivity index (χ4n) is 2.64. The zero-order valence-electron chi connectivity index (χ0n) is 11.7. The fraction of sp³-hybridized carbons (Fsp3) is 0.643. The Balaban J connectivity index is 2.09. The van der Waals surface area contributed by atoms with Gasteiger partial charge in [-0.15, -0.1) is 0 Å². The summed E-state index contributed by atoms with van der Waals surface area (Å²) in [5.74, 6) is 1.66. The molecule has 2 rings (SSSR count). The first kappa shape index (κ1) is 13.3. The van der Waals surface area contributed by atoms with Crippen LogP contribution in [0.15, 0.2) is 18.3 Å². The van der Waals surface area contributed by atoms with Crippen molar-refractivity contribution < 1.29 is 5.11 Å². The average molecular weight is 249 g/mol. The highest BCUT2D eigenvalue weighted by atomic mass is 16.3. The topological polar surface area (TPSA) is 39.6 Å². The lowest BCUT2D eigenvalue weighted by Crippen LogP contribution is -2.34. The number of rotatable bonds is 3. The van der Waals surface area contributed by atoms with Gasteiger partial charge >= 0.3 is 0 Å². The highest BCUT2D eigenvalue weighted by molar-refractivity contribution is 5.41. The molecule has 1 aliphatic rings. The van der Waals surface area contributed by atoms with E-state index in [4.69, 9.17) is 0 Å². The Morgan fingerprint density at radius 2 is 2.11 bits per heavy atom. The molecule has 1 fully saturated rings. The highest BCUT2D eigenvalue weighted by Gasteiger charge is 2.31. The van der Waals surface area contributed by atoms with E-state index in [-0.39, 0.29) is 0 Å². The number of likely N-dealkylation sites (N-methyl/N-ethyl adjacent to an activating group) is 1. The van der Waals surface area contributed by atoms with Gasteiger partial charge in [0.25, 0.3) is 0 Å². The molecule has 1 N–H and O–H groups in total. The predicted octanol–water partition coefficient (Wildman–Crippen LogP) is 1.52. The molecule has 1 aromatic rings. The molecule has 0 bridgehead atoms. The molecule has 0 spiro atoms. The Kier molecular flexibility index (Phi) is 3.88. The van der Waals surface area contributed by atoms with Crippen LogP contribution in [0.5, 0.6) is 0 Å². The Labute approximate surface area is 109 Å². The number of aromatic nitrogens is 1. The van der Waals surface area contributed by atoms with E-state index >= 15 is 0 Å². The summed E-state index contributed by atoms with van der Waals surface area (Å²) in [6.07, 6.45) is 1.33. The van der Waals surface area contributed by atoms with Crippen LogP contribution >= 0.6 is 0 Å². The van der Waals surface area contributed by atoms with E-state index in [1.807, 2.05) is 12.1 Å². The average Bonchev–Trinajstić information content (AvgIpc) is 2.71. The zero-order valence-corrected chi connectivity index (χ0v) is 11.7. The summed E-state index contributed by atoms with van der Waals surface area (Å²) in [6, 6.07) is 4.55. The van der Waals surface area contributed by atoms with Gasteiger partial charge in [0.1, 0.15) is 5.82 Å². The van der Waals surface area contributed by atoms with Gasteiger partial charge in [-0.2, -0.15) is 0 Å². The molecule has 1 aliphatic heterocycles. The number of hydrogen-bond acceptors (Lipinski definition) is 4. The van der Waals surface area contributed by atoms with Crippen molar-refractivity contribution >= 4 is 5.82 Å². The molecular weight excluding hydrogens is 226 g/mol. The van der Waals surface area contributed by atoms with Crippen molar-refractivity contribution in [2.75, 3.05) is 32.1 Å². The summed E-state index contributed by atoms with van der Waals surface area (Å²) in [5, 5.41) is 9.48. The Morgan fingerprint density at radius 3 is 2.56 bits per heavy atom. The summed E-state index contributed by atoms with van der Waals surface area (Å²) in [6.45, 7) is 6.12. The SMILES string of the molecule is CC(O)c1ccc(N2CC(C)C(N(C)C)C2)nc1.